The van der Waals surface area contributed by atoms with Crippen molar-refractivity contribution >= 4 is 27.5 Å². The highest BCUT2D eigenvalue weighted by molar-refractivity contribution is 7.18. The Bertz CT molecular complexity index is 1050. The molecule has 0 spiro atoms. The molecular formula is C20H17N3O2S. The second-order valence-electron chi connectivity index (χ2n) is 5.85. The van der Waals surface area contributed by atoms with Crippen LogP contribution in [-0.2, 0) is 13.0 Å². The number of hydrogen-bond acceptors (Lipinski definition) is 5. The van der Waals surface area contributed by atoms with Gasteiger partial charge in [-0.15, -0.1) is 11.3 Å². The molecule has 0 fully saturated rings. The van der Waals surface area contributed by atoms with E-state index in [9.17, 15) is 4.79 Å². The van der Waals surface area contributed by atoms with Crippen LogP contribution in [0.4, 0.5) is 0 Å². The maximum atomic E-state index is 12.5. The Morgan fingerprint density at radius 1 is 1.23 bits per heavy atom. The Labute approximate surface area is 154 Å². The first-order valence-corrected chi connectivity index (χ1v) is 9.21. The van der Waals surface area contributed by atoms with E-state index < -0.39 is 0 Å². The minimum absolute atomic E-state index is 0.102. The molecule has 4 aromatic rings. The number of aryl methyl sites for hydroxylation is 1. The minimum Gasteiger partial charge on any atom is -0.463 e. The molecule has 6 heteroatoms. The normalized spacial score (nSPS) is 11.0. The molecule has 0 saturated carbocycles. The first-order chi connectivity index (χ1) is 12.7. The van der Waals surface area contributed by atoms with Gasteiger partial charge in [0.25, 0.3) is 5.91 Å². The molecule has 0 unspecified atom stereocenters. The van der Waals surface area contributed by atoms with E-state index in [1.165, 1.54) is 0 Å². The monoisotopic (exact) mass is 363 g/mol. The molecule has 0 saturated heterocycles. The highest BCUT2D eigenvalue weighted by Gasteiger charge is 2.10. The number of hydrogen-bond donors (Lipinski definition) is 1. The van der Waals surface area contributed by atoms with Crippen LogP contribution < -0.4 is 5.32 Å². The van der Waals surface area contributed by atoms with E-state index in [2.05, 4.69) is 22.2 Å². The number of furan rings is 1. The zero-order chi connectivity index (χ0) is 17.9. The van der Waals surface area contributed by atoms with Crippen molar-refractivity contribution in [3.63, 3.8) is 0 Å². The lowest BCUT2D eigenvalue weighted by molar-refractivity contribution is 0.0951. The summed E-state index contributed by atoms with van der Waals surface area (Å²) in [5.41, 5.74) is 3.30. The number of amides is 1. The molecule has 3 heterocycles. The summed E-state index contributed by atoms with van der Waals surface area (Å²) in [6.45, 7) is 2.51. The second kappa shape index (κ2) is 7.09. The molecule has 3 aromatic heterocycles. The van der Waals surface area contributed by atoms with Gasteiger partial charge in [0.2, 0.25) is 0 Å². The van der Waals surface area contributed by atoms with Gasteiger partial charge in [-0.2, -0.15) is 0 Å². The second-order valence-corrected chi connectivity index (χ2v) is 6.97. The van der Waals surface area contributed by atoms with Crippen LogP contribution in [-0.4, -0.2) is 15.9 Å². The van der Waals surface area contributed by atoms with Crippen molar-refractivity contribution in [2.45, 2.75) is 19.9 Å². The number of nitrogens with one attached hydrogen (secondary N) is 1. The van der Waals surface area contributed by atoms with Crippen molar-refractivity contribution in [2.75, 3.05) is 0 Å². The summed E-state index contributed by atoms with van der Waals surface area (Å²) in [7, 11) is 0. The van der Waals surface area contributed by atoms with Gasteiger partial charge in [-0.3, -0.25) is 9.78 Å². The summed E-state index contributed by atoms with van der Waals surface area (Å²) < 4.78 is 6.41. The topological polar surface area (TPSA) is 68.0 Å². The zero-order valence-corrected chi connectivity index (χ0v) is 15.0. The number of benzene rings is 1. The molecule has 5 nitrogen and oxygen atoms in total. The van der Waals surface area contributed by atoms with Crippen LogP contribution in [0.3, 0.4) is 0 Å². The first-order valence-electron chi connectivity index (χ1n) is 8.39. The Morgan fingerprint density at radius 2 is 2.15 bits per heavy atom. The average Bonchev–Trinajstić information content (AvgIpc) is 3.35. The fraction of sp³-hybridized carbons (Fsp3) is 0.150. The summed E-state index contributed by atoms with van der Waals surface area (Å²) in [4.78, 5) is 21.3. The molecule has 0 aliphatic carbocycles. The fourth-order valence-electron chi connectivity index (χ4n) is 2.69. The zero-order valence-electron chi connectivity index (χ0n) is 14.2. The smallest absolute Gasteiger partial charge is 0.251 e. The number of carbonyl (C=O) groups is 1. The summed E-state index contributed by atoms with van der Waals surface area (Å²) in [5.74, 6) is 0.607. The third-order valence-corrected chi connectivity index (χ3v) is 5.21. The van der Waals surface area contributed by atoms with Gasteiger partial charge in [-0.05, 0) is 54.4 Å². The van der Waals surface area contributed by atoms with Crippen LogP contribution in [0.1, 0.15) is 27.9 Å². The van der Waals surface area contributed by atoms with Crippen molar-refractivity contribution in [3.05, 3.63) is 71.1 Å². The number of pyridine rings is 1. The Balaban J connectivity index is 1.48. The maximum Gasteiger partial charge on any atom is 0.251 e. The van der Waals surface area contributed by atoms with Gasteiger partial charge in [0, 0.05) is 18.3 Å². The molecular weight excluding hydrogens is 346 g/mol. The van der Waals surface area contributed by atoms with E-state index in [0.29, 0.717) is 17.9 Å². The molecule has 0 bridgehead atoms. The van der Waals surface area contributed by atoms with Gasteiger partial charge in [-0.25, -0.2) is 4.98 Å². The highest BCUT2D eigenvalue weighted by atomic mass is 32.1. The molecule has 1 aromatic carbocycles. The van der Waals surface area contributed by atoms with Crippen LogP contribution in [0, 0.1) is 0 Å². The summed E-state index contributed by atoms with van der Waals surface area (Å²) in [5, 5.41) is 4.04. The van der Waals surface area contributed by atoms with Crippen molar-refractivity contribution < 1.29 is 9.21 Å². The first kappa shape index (κ1) is 16.5. The molecule has 0 aliphatic rings. The SMILES string of the molecule is CCc1nc2ccc(C(=O)NCc3ccnc(-c4ccco4)c3)cc2s1. The third kappa shape index (κ3) is 3.36. The van der Waals surface area contributed by atoms with Crippen LogP contribution in [0.5, 0.6) is 0 Å². The molecule has 0 atom stereocenters. The summed E-state index contributed by atoms with van der Waals surface area (Å²) in [6.07, 6.45) is 4.24. The molecule has 0 aliphatic heterocycles. The fourth-order valence-corrected chi connectivity index (χ4v) is 3.64. The Hall–Kier alpha value is -2.99. The standard InChI is InChI=1S/C20H17N3O2S/c1-2-19-23-15-6-5-14(11-18(15)26-19)20(24)22-12-13-7-8-21-16(10-13)17-4-3-9-25-17/h3-11H,2,12H2,1H3,(H,22,24). The minimum atomic E-state index is -0.102. The Morgan fingerprint density at radius 3 is 2.96 bits per heavy atom. The number of thiazole rings is 1. The van der Waals surface area contributed by atoms with E-state index in [-0.39, 0.29) is 5.91 Å². The van der Waals surface area contributed by atoms with Gasteiger partial charge >= 0.3 is 0 Å². The van der Waals surface area contributed by atoms with Gasteiger partial charge in [0.1, 0.15) is 5.69 Å². The van der Waals surface area contributed by atoms with Crippen molar-refractivity contribution in [2.24, 2.45) is 0 Å². The number of aromatic nitrogens is 2. The molecule has 130 valence electrons. The van der Waals surface area contributed by atoms with E-state index in [4.69, 9.17) is 4.42 Å². The van der Waals surface area contributed by atoms with Gasteiger partial charge in [-0.1, -0.05) is 6.92 Å². The predicted octanol–water partition coefficient (Wildman–Crippen LogP) is 4.44. The van der Waals surface area contributed by atoms with Gasteiger partial charge < -0.3 is 9.73 Å². The number of carbonyl (C=O) groups excluding carboxylic acids is 1. The molecule has 4 rings (SSSR count). The van der Waals surface area contributed by atoms with Crippen LogP contribution >= 0.6 is 11.3 Å². The average molecular weight is 363 g/mol. The lowest BCUT2D eigenvalue weighted by atomic mass is 10.1. The van der Waals surface area contributed by atoms with Crippen LogP contribution in [0.2, 0.25) is 0 Å². The molecule has 0 radical (unpaired) electrons. The molecule has 1 amide bonds. The van der Waals surface area contributed by atoms with Crippen molar-refractivity contribution in [3.8, 4) is 11.5 Å². The maximum absolute atomic E-state index is 12.5. The van der Waals surface area contributed by atoms with Crippen molar-refractivity contribution in [1.82, 2.24) is 15.3 Å². The van der Waals surface area contributed by atoms with Gasteiger partial charge in [0.15, 0.2) is 5.76 Å². The van der Waals surface area contributed by atoms with Crippen LogP contribution in [0.25, 0.3) is 21.7 Å². The molecule has 1 N–H and O–H groups in total. The third-order valence-electron chi connectivity index (χ3n) is 4.05. The predicted molar refractivity (Wildman–Crippen MR) is 102 cm³/mol. The number of nitrogens with zero attached hydrogens (tertiary/aromatic N) is 2. The Kier molecular flexibility index (Phi) is 4.50. The van der Waals surface area contributed by atoms with E-state index >= 15 is 0 Å². The summed E-state index contributed by atoms with van der Waals surface area (Å²) in [6, 6.07) is 13.1. The van der Waals surface area contributed by atoms with E-state index in [0.717, 1.165) is 32.9 Å². The van der Waals surface area contributed by atoms with E-state index in [1.54, 1.807) is 23.8 Å². The lowest BCUT2D eigenvalue weighted by Gasteiger charge is -2.06. The highest BCUT2D eigenvalue weighted by Crippen LogP contribution is 2.23. The number of fused-ring (bicyclic) bond motifs is 1. The summed E-state index contributed by atoms with van der Waals surface area (Å²) >= 11 is 1.63. The van der Waals surface area contributed by atoms with Crippen molar-refractivity contribution in [1.29, 1.82) is 0 Å². The molecule has 26 heavy (non-hydrogen) atoms. The quantitative estimate of drug-likeness (QED) is 0.569. The van der Waals surface area contributed by atoms with E-state index in [1.807, 2.05) is 42.5 Å². The van der Waals surface area contributed by atoms with Gasteiger partial charge in [0.05, 0.1) is 21.5 Å². The van der Waals surface area contributed by atoms with Crippen LogP contribution in [0.15, 0.2) is 59.3 Å². The number of rotatable bonds is 5. The lowest BCUT2D eigenvalue weighted by Crippen LogP contribution is -2.22. The largest absolute Gasteiger partial charge is 0.463 e.